The Labute approximate surface area is 172 Å². The number of rotatable bonds is 2. The van der Waals surface area contributed by atoms with Crippen LogP contribution < -0.4 is 4.90 Å². The zero-order valence-electron chi connectivity index (χ0n) is 16.5. The zero-order chi connectivity index (χ0) is 19.3. The van der Waals surface area contributed by atoms with Gasteiger partial charge in [-0.2, -0.15) is 0 Å². The zero-order valence-corrected chi connectivity index (χ0v) is 17.2. The van der Waals surface area contributed by atoms with Crippen LogP contribution in [0, 0.1) is 6.92 Å². The van der Waals surface area contributed by atoms with E-state index in [1.165, 1.54) is 36.1 Å². The van der Waals surface area contributed by atoms with Gasteiger partial charge >= 0.3 is 0 Å². The van der Waals surface area contributed by atoms with Crippen molar-refractivity contribution in [1.29, 1.82) is 0 Å². The van der Waals surface area contributed by atoms with E-state index >= 15 is 0 Å². The molecule has 4 heteroatoms. The van der Waals surface area contributed by atoms with E-state index in [1.807, 2.05) is 25.1 Å². The Morgan fingerprint density at radius 3 is 2.61 bits per heavy atom. The number of amides is 1. The van der Waals surface area contributed by atoms with Crippen LogP contribution in [0.1, 0.15) is 71.1 Å². The standard InChI is InChI=1S/C24H27ClN2O/c1-16-11-18(13-19(25)12-16)24(28)27-10-7-17-14-23(27)22-15-20(5-6-21(17)22)26-8-3-2-4-9-26/h5-6,11-13,15,17,23H,2-4,7-10,14H2,1H3/t17-,23+/m1/s1. The highest BCUT2D eigenvalue weighted by Gasteiger charge is 2.41. The quantitative estimate of drug-likeness (QED) is 0.650. The second kappa shape index (κ2) is 7.11. The maximum absolute atomic E-state index is 13.3. The Balaban J connectivity index is 1.47. The molecule has 2 fully saturated rings. The van der Waals surface area contributed by atoms with Crippen LogP contribution in [0.5, 0.6) is 0 Å². The average molecular weight is 395 g/mol. The number of likely N-dealkylation sites (tertiary alicyclic amines) is 1. The summed E-state index contributed by atoms with van der Waals surface area (Å²) in [4.78, 5) is 17.9. The van der Waals surface area contributed by atoms with Crippen molar-refractivity contribution in [3.05, 3.63) is 63.7 Å². The lowest BCUT2D eigenvalue weighted by Crippen LogP contribution is -2.37. The van der Waals surface area contributed by atoms with Gasteiger partial charge in [-0.25, -0.2) is 0 Å². The number of aryl methyl sites for hydroxylation is 1. The van der Waals surface area contributed by atoms with Gasteiger partial charge in [-0.05, 0) is 92.0 Å². The van der Waals surface area contributed by atoms with Crippen LogP contribution in [0.25, 0.3) is 0 Å². The molecule has 2 heterocycles. The van der Waals surface area contributed by atoms with E-state index in [2.05, 4.69) is 28.0 Å². The summed E-state index contributed by atoms with van der Waals surface area (Å²) in [6, 6.07) is 12.9. The minimum atomic E-state index is 0.116. The minimum Gasteiger partial charge on any atom is -0.372 e. The molecule has 2 bridgehead atoms. The highest BCUT2D eigenvalue weighted by atomic mass is 35.5. The lowest BCUT2D eigenvalue weighted by Gasteiger charge is -2.34. The normalized spacial score (nSPS) is 23.6. The first-order chi connectivity index (χ1) is 13.6. The Morgan fingerprint density at radius 1 is 1.00 bits per heavy atom. The third-order valence-corrected chi connectivity index (χ3v) is 6.96. The van der Waals surface area contributed by atoms with Gasteiger partial charge in [-0.15, -0.1) is 0 Å². The summed E-state index contributed by atoms with van der Waals surface area (Å²) in [6.45, 7) is 5.12. The van der Waals surface area contributed by atoms with E-state index in [1.54, 1.807) is 0 Å². The van der Waals surface area contributed by atoms with E-state index < -0.39 is 0 Å². The van der Waals surface area contributed by atoms with Gasteiger partial charge in [-0.3, -0.25) is 4.79 Å². The maximum atomic E-state index is 13.3. The molecule has 3 aliphatic rings. The van der Waals surface area contributed by atoms with E-state index in [4.69, 9.17) is 11.6 Å². The smallest absolute Gasteiger partial charge is 0.254 e. The third-order valence-electron chi connectivity index (χ3n) is 6.74. The molecule has 2 aromatic rings. The van der Waals surface area contributed by atoms with E-state index in [0.29, 0.717) is 16.5 Å². The summed E-state index contributed by atoms with van der Waals surface area (Å²) in [5.41, 5.74) is 5.91. The number of hydrogen-bond donors (Lipinski definition) is 0. The molecule has 1 aliphatic carbocycles. The lowest BCUT2D eigenvalue weighted by molar-refractivity contribution is 0.0620. The molecule has 28 heavy (non-hydrogen) atoms. The highest BCUT2D eigenvalue weighted by Crippen LogP contribution is 2.50. The van der Waals surface area contributed by atoms with Crippen LogP contribution in [0.2, 0.25) is 5.02 Å². The number of benzene rings is 2. The van der Waals surface area contributed by atoms with Crippen molar-refractivity contribution in [2.45, 2.75) is 51.0 Å². The first kappa shape index (κ1) is 18.1. The molecular weight excluding hydrogens is 368 g/mol. The number of anilines is 1. The highest BCUT2D eigenvalue weighted by molar-refractivity contribution is 6.31. The van der Waals surface area contributed by atoms with Crippen molar-refractivity contribution in [2.24, 2.45) is 0 Å². The fourth-order valence-electron chi connectivity index (χ4n) is 5.38. The van der Waals surface area contributed by atoms with Gasteiger partial charge < -0.3 is 9.80 Å². The van der Waals surface area contributed by atoms with Crippen molar-refractivity contribution < 1.29 is 4.79 Å². The van der Waals surface area contributed by atoms with Crippen LogP contribution in [0.3, 0.4) is 0 Å². The Kier molecular flexibility index (Phi) is 4.59. The van der Waals surface area contributed by atoms with Gasteiger partial charge in [-0.1, -0.05) is 17.7 Å². The Bertz CT molecular complexity index is 899. The summed E-state index contributed by atoms with van der Waals surface area (Å²) >= 11 is 6.22. The first-order valence-electron chi connectivity index (χ1n) is 10.6. The van der Waals surface area contributed by atoms with Crippen molar-refractivity contribution in [2.75, 3.05) is 24.5 Å². The number of piperidine rings is 2. The SMILES string of the molecule is Cc1cc(Cl)cc(C(=O)N2CC[C@@H]3C[C@H]2c2cc(N4CCCCC4)ccc23)c1. The van der Waals surface area contributed by atoms with Crippen LogP contribution in [0.15, 0.2) is 36.4 Å². The summed E-state index contributed by atoms with van der Waals surface area (Å²) in [6.07, 6.45) is 6.01. The molecule has 5 rings (SSSR count). The molecule has 0 N–H and O–H groups in total. The summed E-state index contributed by atoms with van der Waals surface area (Å²) in [5, 5.41) is 0.637. The number of carbonyl (C=O) groups excluding carboxylic acids is 1. The second-order valence-corrected chi connectivity index (χ2v) is 9.05. The molecule has 0 unspecified atom stereocenters. The Hall–Kier alpha value is -2.00. The number of carbonyl (C=O) groups is 1. The third kappa shape index (κ3) is 3.10. The van der Waals surface area contributed by atoms with E-state index in [0.717, 1.165) is 38.0 Å². The summed E-state index contributed by atoms with van der Waals surface area (Å²) in [7, 11) is 0. The van der Waals surface area contributed by atoms with Crippen LogP contribution in [0.4, 0.5) is 5.69 Å². The number of halogens is 1. The van der Waals surface area contributed by atoms with Gasteiger partial charge in [0.2, 0.25) is 0 Å². The minimum absolute atomic E-state index is 0.116. The summed E-state index contributed by atoms with van der Waals surface area (Å²) in [5.74, 6) is 0.714. The molecule has 2 atom stereocenters. The largest absolute Gasteiger partial charge is 0.372 e. The predicted octanol–water partition coefficient (Wildman–Crippen LogP) is 5.71. The maximum Gasteiger partial charge on any atom is 0.254 e. The molecule has 0 saturated carbocycles. The van der Waals surface area contributed by atoms with Crippen molar-refractivity contribution in [1.82, 2.24) is 4.90 Å². The number of nitrogens with zero attached hydrogens (tertiary/aromatic N) is 2. The van der Waals surface area contributed by atoms with Crippen LogP contribution in [-0.2, 0) is 0 Å². The van der Waals surface area contributed by atoms with Gasteiger partial charge in [0.1, 0.15) is 0 Å². The monoisotopic (exact) mass is 394 g/mol. The van der Waals surface area contributed by atoms with E-state index in [-0.39, 0.29) is 11.9 Å². The molecule has 0 spiro atoms. The van der Waals surface area contributed by atoms with Gasteiger partial charge in [0.25, 0.3) is 5.91 Å². The van der Waals surface area contributed by atoms with Crippen LogP contribution >= 0.6 is 11.6 Å². The lowest BCUT2D eigenvalue weighted by atomic mass is 9.95. The molecule has 146 valence electrons. The number of hydrogen-bond acceptors (Lipinski definition) is 2. The molecule has 2 aliphatic heterocycles. The second-order valence-electron chi connectivity index (χ2n) is 8.61. The topological polar surface area (TPSA) is 23.6 Å². The number of fused-ring (bicyclic) bond motifs is 5. The van der Waals surface area contributed by atoms with Crippen molar-refractivity contribution in [3.8, 4) is 0 Å². The van der Waals surface area contributed by atoms with Gasteiger partial charge in [0, 0.05) is 35.9 Å². The molecule has 2 saturated heterocycles. The molecule has 2 aromatic carbocycles. The van der Waals surface area contributed by atoms with Gasteiger partial charge in [0.15, 0.2) is 0 Å². The Morgan fingerprint density at radius 2 is 1.82 bits per heavy atom. The fraction of sp³-hybridized carbons (Fsp3) is 0.458. The molecule has 0 radical (unpaired) electrons. The van der Waals surface area contributed by atoms with Crippen LogP contribution in [-0.4, -0.2) is 30.4 Å². The fourth-order valence-corrected chi connectivity index (χ4v) is 5.67. The van der Waals surface area contributed by atoms with Gasteiger partial charge in [0.05, 0.1) is 6.04 Å². The molecule has 0 aromatic heterocycles. The van der Waals surface area contributed by atoms with Crippen molar-refractivity contribution >= 4 is 23.2 Å². The first-order valence-corrected chi connectivity index (χ1v) is 10.9. The molecule has 1 amide bonds. The molecular formula is C24H27ClN2O. The van der Waals surface area contributed by atoms with E-state index in [9.17, 15) is 4.79 Å². The average Bonchev–Trinajstić information content (AvgIpc) is 2.99. The predicted molar refractivity (Wildman–Crippen MR) is 114 cm³/mol. The van der Waals surface area contributed by atoms with Crippen molar-refractivity contribution in [3.63, 3.8) is 0 Å². The molecule has 3 nitrogen and oxygen atoms in total. The summed E-state index contributed by atoms with van der Waals surface area (Å²) < 4.78 is 0.